The van der Waals surface area contributed by atoms with Crippen LogP contribution in [0.25, 0.3) is 11.3 Å². The van der Waals surface area contributed by atoms with E-state index in [0.717, 1.165) is 0 Å². The SMILES string of the molecule is O=C(O)c1sccc1-c1csc(S)n1. The van der Waals surface area contributed by atoms with Crippen LogP contribution in [-0.2, 0) is 0 Å². The minimum Gasteiger partial charge on any atom is -0.477 e. The second kappa shape index (κ2) is 3.72. The van der Waals surface area contributed by atoms with Crippen molar-refractivity contribution < 1.29 is 9.90 Å². The molecule has 0 aliphatic heterocycles. The maximum atomic E-state index is 10.8. The average molecular weight is 243 g/mol. The summed E-state index contributed by atoms with van der Waals surface area (Å²) in [6.07, 6.45) is 0. The predicted molar refractivity (Wildman–Crippen MR) is 59.6 cm³/mol. The Morgan fingerprint density at radius 2 is 2.29 bits per heavy atom. The highest BCUT2D eigenvalue weighted by molar-refractivity contribution is 7.82. The van der Waals surface area contributed by atoms with Gasteiger partial charge < -0.3 is 5.11 Å². The number of thiol groups is 1. The lowest BCUT2D eigenvalue weighted by atomic mass is 10.2. The largest absolute Gasteiger partial charge is 0.477 e. The Morgan fingerprint density at radius 3 is 2.86 bits per heavy atom. The molecule has 0 spiro atoms. The van der Waals surface area contributed by atoms with Crippen molar-refractivity contribution in [2.24, 2.45) is 0 Å². The van der Waals surface area contributed by atoms with E-state index in [2.05, 4.69) is 17.6 Å². The number of hydrogen-bond acceptors (Lipinski definition) is 5. The number of rotatable bonds is 2. The molecule has 2 heterocycles. The highest BCUT2D eigenvalue weighted by Gasteiger charge is 2.14. The van der Waals surface area contributed by atoms with Crippen molar-refractivity contribution >= 4 is 41.3 Å². The van der Waals surface area contributed by atoms with E-state index in [1.165, 1.54) is 22.7 Å². The number of carbonyl (C=O) groups is 1. The summed E-state index contributed by atoms with van der Waals surface area (Å²) in [5.41, 5.74) is 1.35. The lowest BCUT2D eigenvalue weighted by molar-refractivity contribution is 0.0703. The molecule has 0 amide bonds. The molecule has 2 aromatic rings. The Kier molecular flexibility index (Phi) is 2.58. The van der Waals surface area contributed by atoms with Gasteiger partial charge in [0, 0.05) is 10.9 Å². The summed E-state index contributed by atoms with van der Waals surface area (Å²) < 4.78 is 0.641. The molecule has 2 aromatic heterocycles. The lowest BCUT2D eigenvalue weighted by Crippen LogP contribution is -1.94. The first-order valence-corrected chi connectivity index (χ1v) is 5.85. The van der Waals surface area contributed by atoms with Gasteiger partial charge in [-0.3, -0.25) is 0 Å². The summed E-state index contributed by atoms with van der Waals surface area (Å²) in [4.78, 5) is 15.3. The van der Waals surface area contributed by atoms with Gasteiger partial charge in [-0.25, -0.2) is 9.78 Å². The van der Waals surface area contributed by atoms with Gasteiger partial charge in [0.1, 0.15) is 9.22 Å². The molecule has 14 heavy (non-hydrogen) atoms. The van der Waals surface area contributed by atoms with Crippen LogP contribution in [0.2, 0.25) is 0 Å². The van der Waals surface area contributed by atoms with Crippen LogP contribution in [0.5, 0.6) is 0 Å². The van der Waals surface area contributed by atoms with Crippen molar-refractivity contribution in [1.29, 1.82) is 0 Å². The average Bonchev–Trinajstić information content (AvgIpc) is 2.70. The van der Waals surface area contributed by atoms with E-state index >= 15 is 0 Å². The predicted octanol–water partition coefficient (Wildman–Crippen LogP) is 2.86. The molecule has 3 nitrogen and oxygen atoms in total. The van der Waals surface area contributed by atoms with Gasteiger partial charge in [-0.15, -0.1) is 35.3 Å². The third kappa shape index (κ3) is 1.68. The normalized spacial score (nSPS) is 10.4. The van der Waals surface area contributed by atoms with E-state index in [1.807, 2.05) is 0 Å². The van der Waals surface area contributed by atoms with Gasteiger partial charge in [0.25, 0.3) is 0 Å². The highest BCUT2D eigenvalue weighted by Crippen LogP contribution is 2.30. The van der Waals surface area contributed by atoms with Gasteiger partial charge in [0.05, 0.1) is 5.69 Å². The van der Waals surface area contributed by atoms with Crippen molar-refractivity contribution in [2.45, 2.75) is 4.34 Å². The van der Waals surface area contributed by atoms with Crippen molar-refractivity contribution in [3.8, 4) is 11.3 Å². The van der Waals surface area contributed by atoms with E-state index in [-0.39, 0.29) is 0 Å². The Labute approximate surface area is 93.5 Å². The first-order valence-electron chi connectivity index (χ1n) is 3.64. The Hall–Kier alpha value is -0.850. The molecule has 0 aliphatic rings. The molecule has 0 fully saturated rings. The smallest absolute Gasteiger partial charge is 0.346 e. The summed E-state index contributed by atoms with van der Waals surface area (Å²) in [6, 6.07) is 1.76. The second-order valence-electron chi connectivity index (χ2n) is 2.48. The number of thiazole rings is 1. The van der Waals surface area contributed by atoms with E-state index in [9.17, 15) is 4.79 Å². The molecule has 0 aliphatic carbocycles. The molecule has 0 saturated carbocycles. The summed E-state index contributed by atoms with van der Waals surface area (Å²) in [5, 5.41) is 12.4. The maximum absolute atomic E-state index is 10.8. The van der Waals surface area contributed by atoms with E-state index < -0.39 is 5.97 Å². The molecule has 0 bridgehead atoms. The number of carboxylic acids is 1. The van der Waals surface area contributed by atoms with Crippen molar-refractivity contribution in [3.63, 3.8) is 0 Å². The third-order valence-corrected chi connectivity index (χ3v) is 3.59. The van der Waals surface area contributed by atoms with Gasteiger partial charge in [-0.05, 0) is 11.4 Å². The van der Waals surface area contributed by atoms with Crippen LogP contribution >= 0.6 is 35.3 Å². The zero-order chi connectivity index (χ0) is 10.1. The molecule has 1 N–H and O–H groups in total. The fourth-order valence-electron chi connectivity index (χ4n) is 1.06. The molecule has 72 valence electrons. The maximum Gasteiger partial charge on any atom is 0.346 e. The first kappa shape index (κ1) is 9.70. The standard InChI is InChI=1S/C8H5NO2S3/c10-7(11)6-4(1-2-13-6)5-3-14-8(12)9-5/h1-3H,(H,9,12)(H,10,11). The molecule has 0 saturated heterocycles. The third-order valence-electron chi connectivity index (χ3n) is 1.63. The van der Waals surface area contributed by atoms with Gasteiger partial charge >= 0.3 is 5.97 Å². The Bertz CT molecular complexity index is 474. The van der Waals surface area contributed by atoms with Gasteiger partial charge in [0.2, 0.25) is 0 Å². The molecule has 0 unspecified atom stereocenters. The highest BCUT2D eigenvalue weighted by atomic mass is 32.2. The van der Waals surface area contributed by atoms with Crippen molar-refractivity contribution in [2.75, 3.05) is 0 Å². The lowest BCUT2D eigenvalue weighted by Gasteiger charge is -1.93. The quantitative estimate of drug-likeness (QED) is 0.797. The topological polar surface area (TPSA) is 50.2 Å². The number of nitrogens with zero attached hydrogens (tertiary/aromatic N) is 1. The number of aromatic nitrogens is 1. The zero-order valence-corrected chi connectivity index (χ0v) is 9.33. The molecule has 0 aromatic carbocycles. The van der Waals surface area contributed by atoms with Crippen LogP contribution < -0.4 is 0 Å². The van der Waals surface area contributed by atoms with Crippen LogP contribution in [0.1, 0.15) is 9.67 Å². The van der Waals surface area contributed by atoms with Crippen molar-refractivity contribution in [1.82, 2.24) is 4.98 Å². The monoisotopic (exact) mass is 243 g/mol. The summed E-state index contributed by atoms with van der Waals surface area (Å²) in [5.74, 6) is -0.913. The number of hydrogen-bond donors (Lipinski definition) is 2. The Balaban J connectivity index is 2.51. The summed E-state index contributed by atoms with van der Waals surface area (Å²) >= 11 is 6.68. The van der Waals surface area contributed by atoms with Crippen LogP contribution in [0.4, 0.5) is 0 Å². The van der Waals surface area contributed by atoms with Gasteiger partial charge in [-0.2, -0.15) is 0 Å². The number of thiophene rings is 1. The van der Waals surface area contributed by atoms with Gasteiger partial charge in [0.15, 0.2) is 0 Å². The van der Waals surface area contributed by atoms with E-state index in [1.54, 1.807) is 16.8 Å². The van der Waals surface area contributed by atoms with Gasteiger partial charge in [-0.1, -0.05) is 0 Å². The zero-order valence-electron chi connectivity index (χ0n) is 6.80. The molecular weight excluding hydrogens is 238 g/mol. The Morgan fingerprint density at radius 1 is 1.50 bits per heavy atom. The van der Waals surface area contributed by atoms with Crippen LogP contribution in [0.3, 0.4) is 0 Å². The number of aromatic carboxylic acids is 1. The minimum atomic E-state index is -0.913. The van der Waals surface area contributed by atoms with E-state index in [4.69, 9.17) is 5.11 Å². The fraction of sp³-hybridized carbons (Fsp3) is 0. The van der Waals surface area contributed by atoms with Crippen LogP contribution in [0.15, 0.2) is 21.2 Å². The summed E-state index contributed by atoms with van der Waals surface area (Å²) in [7, 11) is 0. The van der Waals surface area contributed by atoms with Crippen LogP contribution in [0, 0.1) is 0 Å². The molecule has 0 radical (unpaired) electrons. The molecule has 2 rings (SSSR count). The fourth-order valence-corrected chi connectivity index (χ4v) is 2.62. The van der Waals surface area contributed by atoms with Crippen LogP contribution in [-0.4, -0.2) is 16.1 Å². The minimum absolute atomic E-state index is 0.323. The first-order chi connectivity index (χ1) is 6.68. The molecule has 0 atom stereocenters. The molecular formula is C8H5NO2S3. The van der Waals surface area contributed by atoms with E-state index in [0.29, 0.717) is 20.5 Å². The summed E-state index contributed by atoms with van der Waals surface area (Å²) in [6.45, 7) is 0. The second-order valence-corrected chi connectivity index (χ2v) is 4.98. The van der Waals surface area contributed by atoms with Crippen molar-refractivity contribution in [3.05, 3.63) is 21.7 Å². The number of carboxylic acid groups (broad SMARTS) is 1. The molecule has 6 heteroatoms.